The van der Waals surface area contributed by atoms with Crippen molar-refractivity contribution in [2.45, 2.75) is 41.0 Å². The second-order valence-electron chi connectivity index (χ2n) is 7.12. The van der Waals surface area contributed by atoms with Crippen LogP contribution in [-0.2, 0) is 0 Å². The zero-order valence-corrected chi connectivity index (χ0v) is 16.9. The minimum absolute atomic E-state index is 0. The molecule has 125 valence electrons. The summed E-state index contributed by atoms with van der Waals surface area (Å²) >= 11 is 0. The molecule has 0 aromatic heterocycles. The van der Waals surface area contributed by atoms with Gasteiger partial charge in [0.25, 0.3) is 0 Å². The van der Waals surface area contributed by atoms with E-state index >= 15 is 0 Å². The number of hydrogen-bond acceptors (Lipinski definition) is 3. The van der Waals surface area contributed by atoms with Gasteiger partial charge < -0.3 is 9.47 Å². The summed E-state index contributed by atoms with van der Waals surface area (Å²) in [6.07, 6.45) is 2.03. The van der Waals surface area contributed by atoms with Crippen molar-refractivity contribution in [1.29, 1.82) is 0 Å². The summed E-state index contributed by atoms with van der Waals surface area (Å²) in [5, 5.41) is 0. The minimum atomic E-state index is 0. The van der Waals surface area contributed by atoms with Crippen molar-refractivity contribution in [2.24, 2.45) is 11.3 Å². The molecule has 1 radical (unpaired) electrons. The fraction of sp³-hybridized carbons (Fsp3) is 0.611. The van der Waals surface area contributed by atoms with Crippen molar-refractivity contribution in [1.82, 2.24) is 0 Å². The summed E-state index contributed by atoms with van der Waals surface area (Å²) in [7, 11) is 3.43. The van der Waals surface area contributed by atoms with Crippen LogP contribution in [0.5, 0.6) is 11.5 Å². The van der Waals surface area contributed by atoms with Gasteiger partial charge in [0.2, 0.25) is 0 Å². The molecule has 5 heteroatoms. The maximum absolute atomic E-state index is 12.6. The van der Waals surface area contributed by atoms with Crippen LogP contribution in [0, 0.1) is 18.3 Å². The predicted molar refractivity (Wildman–Crippen MR) is 101 cm³/mol. The van der Waals surface area contributed by atoms with Crippen LogP contribution in [0.4, 0.5) is 0 Å². The third kappa shape index (κ3) is 7.30. The standard InChI is InChI=1S/C18H29O3P.Li/c1-12-8-14(20-6)16(15(9-12)21-7)17(19)22-11-13(2)10-18(3,4)5;/h8-9,13,22H,10-11H2,1-7H3;. The Bertz CT molecular complexity index is 498. The Labute approximate surface area is 154 Å². The van der Waals surface area contributed by atoms with E-state index in [4.69, 9.17) is 9.47 Å². The van der Waals surface area contributed by atoms with E-state index in [1.807, 2.05) is 19.1 Å². The van der Waals surface area contributed by atoms with Crippen molar-refractivity contribution < 1.29 is 14.3 Å². The Hall–Kier alpha value is -0.483. The van der Waals surface area contributed by atoms with Crippen LogP contribution in [0.2, 0.25) is 0 Å². The Morgan fingerprint density at radius 1 is 1.17 bits per heavy atom. The van der Waals surface area contributed by atoms with Gasteiger partial charge in [-0.15, -0.1) is 0 Å². The van der Waals surface area contributed by atoms with Crippen molar-refractivity contribution in [2.75, 3.05) is 20.4 Å². The van der Waals surface area contributed by atoms with Crippen LogP contribution < -0.4 is 9.47 Å². The molecule has 2 unspecified atom stereocenters. The molecule has 0 fully saturated rings. The molecule has 0 N–H and O–H groups in total. The maximum atomic E-state index is 12.6. The van der Waals surface area contributed by atoms with Gasteiger partial charge in [-0.2, -0.15) is 0 Å². The van der Waals surface area contributed by atoms with E-state index < -0.39 is 0 Å². The second-order valence-corrected chi connectivity index (χ2v) is 8.34. The molecule has 1 rings (SSSR count). The van der Waals surface area contributed by atoms with E-state index in [9.17, 15) is 4.79 Å². The number of benzene rings is 1. The summed E-state index contributed by atoms with van der Waals surface area (Å²) in [6, 6.07) is 3.78. The first-order valence-electron chi connectivity index (χ1n) is 7.68. The maximum Gasteiger partial charge on any atom is 0.188 e. The number of carbonyl (C=O) groups is 1. The molecule has 0 saturated heterocycles. The molecule has 0 aliphatic rings. The van der Waals surface area contributed by atoms with Gasteiger partial charge in [-0.05, 0) is 57.1 Å². The fourth-order valence-corrected chi connectivity index (χ4v) is 3.84. The first-order valence-corrected chi connectivity index (χ1v) is 8.89. The SMILES string of the molecule is COc1cc(C)cc(OC)c1C(=O)PCC(C)CC(C)(C)C.[Li]. The topological polar surface area (TPSA) is 35.5 Å². The molecule has 3 nitrogen and oxygen atoms in total. The quantitative estimate of drug-likeness (QED) is 0.544. The molecule has 1 aromatic carbocycles. The van der Waals surface area contributed by atoms with Crippen molar-refractivity contribution in [3.05, 3.63) is 23.3 Å². The Balaban J connectivity index is 0.00000484. The molecule has 0 bridgehead atoms. The van der Waals surface area contributed by atoms with Gasteiger partial charge in [0.15, 0.2) is 5.52 Å². The molecule has 2 atom stereocenters. The van der Waals surface area contributed by atoms with Gasteiger partial charge in [0.1, 0.15) is 17.1 Å². The van der Waals surface area contributed by atoms with E-state index in [0.29, 0.717) is 28.4 Å². The normalized spacial score (nSPS) is 12.8. The van der Waals surface area contributed by atoms with Gasteiger partial charge in [-0.25, -0.2) is 0 Å². The van der Waals surface area contributed by atoms with E-state index in [-0.39, 0.29) is 33.0 Å². The van der Waals surface area contributed by atoms with Crippen LogP contribution in [0.15, 0.2) is 12.1 Å². The van der Waals surface area contributed by atoms with Crippen LogP contribution in [-0.4, -0.2) is 44.8 Å². The van der Waals surface area contributed by atoms with Crippen molar-refractivity contribution >= 4 is 33.0 Å². The summed E-state index contributed by atoms with van der Waals surface area (Å²) in [4.78, 5) is 12.6. The fourth-order valence-electron chi connectivity index (χ4n) is 2.74. The number of ether oxygens (including phenoxy) is 2. The van der Waals surface area contributed by atoms with Crippen LogP contribution in [0.1, 0.15) is 50.0 Å². The second kappa shape index (κ2) is 9.73. The molecule has 23 heavy (non-hydrogen) atoms. The molecule has 0 aliphatic heterocycles. The smallest absolute Gasteiger partial charge is 0.188 e. The number of methoxy groups -OCH3 is 2. The third-order valence-electron chi connectivity index (χ3n) is 3.45. The largest absolute Gasteiger partial charge is 0.496 e. The molecule has 1 aromatic rings. The molecule has 0 saturated carbocycles. The van der Waals surface area contributed by atoms with E-state index in [2.05, 4.69) is 27.7 Å². The Kier molecular flexibility index (Phi) is 9.52. The average Bonchev–Trinajstić information content (AvgIpc) is 2.41. The summed E-state index contributed by atoms with van der Waals surface area (Å²) < 4.78 is 10.8. The van der Waals surface area contributed by atoms with E-state index in [0.717, 1.165) is 18.1 Å². The van der Waals surface area contributed by atoms with Gasteiger partial charge in [0.05, 0.1) is 14.2 Å². The molecular weight excluding hydrogens is 302 g/mol. The van der Waals surface area contributed by atoms with Crippen LogP contribution >= 0.6 is 8.58 Å². The number of hydrogen-bond donors (Lipinski definition) is 0. The van der Waals surface area contributed by atoms with E-state index in [1.54, 1.807) is 14.2 Å². The zero-order chi connectivity index (χ0) is 16.9. The molecule has 0 heterocycles. The first kappa shape index (κ1) is 22.5. The number of rotatable bonds is 7. The van der Waals surface area contributed by atoms with Crippen molar-refractivity contribution in [3.8, 4) is 11.5 Å². The van der Waals surface area contributed by atoms with Gasteiger partial charge in [0, 0.05) is 18.9 Å². The molecule has 0 aliphatic carbocycles. The summed E-state index contributed by atoms with van der Waals surface area (Å²) in [5.41, 5.74) is 2.02. The van der Waals surface area contributed by atoms with Crippen molar-refractivity contribution in [3.63, 3.8) is 0 Å². The van der Waals surface area contributed by atoms with Gasteiger partial charge >= 0.3 is 0 Å². The predicted octanol–water partition coefficient (Wildman–Crippen LogP) is 4.52. The van der Waals surface area contributed by atoms with Crippen LogP contribution in [0.3, 0.4) is 0 Å². The van der Waals surface area contributed by atoms with Gasteiger partial charge in [-0.1, -0.05) is 27.7 Å². The summed E-state index contributed by atoms with van der Waals surface area (Å²) in [5.74, 6) is 1.75. The van der Waals surface area contributed by atoms with Gasteiger partial charge in [-0.3, -0.25) is 4.79 Å². The van der Waals surface area contributed by atoms with E-state index in [1.165, 1.54) is 0 Å². The van der Waals surface area contributed by atoms with Crippen LogP contribution in [0.25, 0.3) is 0 Å². The molecule has 0 spiro atoms. The number of aryl methyl sites for hydroxylation is 1. The zero-order valence-electron chi connectivity index (χ0n) is 15.9. The third-order valence-corrected chi connectivity index (χ3v) is 4.92. The Morgan fingerprint density at radius 2 is 1.65 bits per heavy atom. The average molecular weight is 331 g/mol. The monoisotopic (exact) mass is 331 g/mol. The Morgan fingerprint density at radius 3 is 2.04 bits per heavy atom. The number of carbonyl (C=O) groups excluding carboxylic acids is 1. The molecule has 0 amide bonds. The molecular formula is C18H29LiO3P. The summed E-state index contributed by atoms with van der Waals surface area (Å²) in [6.45, 7) is 10.9. The minimum Gasteiger partial charge on any atom is -0.496 e. The first-order chi connectivity index (χ1) is 10.2.